The molecular weight excluding hydrogens is 390 g/mol. The molecule has 2 saturated heterocycles. The Balaban J connectivity index is 0.00000176. The van der Waals surface area contributed by atoms with E-state index in [1.165, 1.54) is 16.8 Å². The predicted molar refractivity (Wildman–Crippen MR) is 94.3 cm³/mol. The highest BCUT2D eigenvalue weighted by Gasteiger charge is 2.48. The molecule has 0 saturated carbocycles. The molecule has 2 aliphatic heterocycles. The van der Waals surface area contributed by atoms with Gasteiger partial charge in [-0.1, -0.05) is 11.8 Å². The molecule has 1 aromatic carbocycles. The molecule has 2 unspecified atom stereocenters. The first-order valence-electron chi connectivity index (χ1n) is 6.41. The lowest BCUT2D eigenvalue weighted by molar-refractivity contribution is 0.376. The van der Waals surface area contributed by atoms with E-state index in [4.69, 9.17) is 10.1 Å². The fraction of sp³-hybridized carbons (Fsp3) is 0.385. The smallest absolute Gasteiger partial charge is 0.177 e. The number of halogens is 1. The Morgan fingerprint density at radius 3 is 2.68 bits per heavy atom. The van der Waals surface area contributed by atoms with E-state index in [1.54, 1.807) is 13.3 Å². The summed E-state index contributed by atoms with van der Waals surface area (Å²) in [4.78, 5) is 0. The number of nitrogens with zero attached hydrogens (tertiary/aromatic N) is 2. The van der Waals surface area contributed by atoms with Gasteiger partial charge in [0, 0.05) is 5.25 Å². The molecule has 0 aromatic heterocycles. The third-order valence-electron chi connectivity index (χ3n) is 3.50. The summed E-state index contributed by atoms with van der Waals surface area (Å²) in [5, 5.41) is 14.0. The Hall–Kier alpha value is -1.06. The Morgan fingerprint density at radius 1 is 1.36 bits per heavy atom. The Bertz CT molecular complexity index is 691. The second-order valence-electron chi connectivity index (χ2n) is 4.97. The van der Waals surface area contributed by atoms with Crippen molar-refractivity contribution in [3.63, 3.8) is 0 Å². The first kappa shape index (κ1) is 17.3. The molecule has 0 bridgehead atoms. The van der Waals surface area contributed by atoms with Crippen molar-refractivity contribution in [3.8, 4) is 5.75 Å². The molecule has 6 nitrogen and oxygen atoms in total. The average molecular weight is 406 g/mol. The lowest BCUT2D eigenvalue weighted by Gasteiger charge is -2.17. The number of nitrogens with one attached hydrogen (secondary N) is 1. The van der Waals surface area contributed by atoms with Gasteiger partial charge in [-0.25, -0.2) is 13.4 Å². The number of thioether (sulfide) groups is 1. The number of hydrogen-bond donors (Lipinski definition) is 1. The van der Waals surface area contributed by atoms with Gasteiger partial charge in [-0.15, -0.1) is 17.0 Å². The fourth-order valence-electron chi connectivity index (χ4n) is 2.44. The molecule has 0 amide bonds. The lowest BCUT2D eigenvalue weighted by atomic mass is 10.2. The van der Waals surface area contributed by atoms with Crippen LogP contribution < -0.4 is 4.74 Å². The minimum Gasteiger partial charge on any atom is -0.497 e. The number of fused-ring (bicyclic) bond motifs is 1. The number of methoxy groups -OCH3 is 1. The molecule has 2 fully saturated rings. The summed E-state index contributed by atoms with van der Waals surface area (Å²) < 4.78 is 28.4. The summed E-state index contributed by atoms with van der Waals surface area (Å²) in [5.41, 5.74) is 0.873. The zero-order valence-corrected chi connectivity index (χ0v) is 15.1. The SMILES string of the molecule is Br.COc1ccc(C=NN2C(=N)SC3CS(=O)(=O)CC32)cc1. The Kier molecular flexibility index (Phi) is 5.18. The normalized spacial score (nSPS) is 26.0. The monoisotopic (exact) mass is 405 g/mol. The van der Waals surface area contributed by atoms with E-state index >= 15 is 0 Å². The number of rotatable bonds is 3. The van der Waals surface area contributed by atoms with Gasteiger partial charge in [-0.2, -0.15) is 5.10 Å². The number of benzene rings is 1. The van der Waals surface area contributed by atoms with Gasteiger partial charge in [0.05, 0.1) is 30.9 Å². The van der Waals surface area contributed by atoms with Gasteiger partial charge in [0.25, 0.3) is 0 Å². The van der Waals surface area contributed by atoms with E-state index in [0.717, 1.165) is 11.3 Å². The summed E-state index contributed by atoms with van der Waals surface area (Å²) in [6.45, 7) is 0. The topological polar surface area (TPSA) is 82.8 Å². The molecule has 120 valence electrons. The highest BCUT2D eigenvalue weighted by atomic mass is 79.9. The first-order chi connectivity index (χ1) is 9.98. The van der Waals surface area contributed by atoms with Crippen LogP contribution in [0.25, 0.3) is 0 Å². The minimum absolute atomic E-state index is 0. The van der Waals surface area contributed by atoms with Gasteiger partial charge < -0.3 is 4.74 Å². The molecule has 22 heavy (non-hydrogen) atoms. The zero-order chi connectivity index (χ0) is 15.0. The molecular formula is C13H16BrN3O3S2. The van der Waals surface area contributed by atoms with Crippen molar-refractivity contribution in [2.45, 2.75) is 11.3 Å². The Morgan fingerprint density at radius 2 is 2.05 bits per heavy atom. The van der Waals surface area contributed by atoms with Gasteiger partial charge in [0.2, 0.25) is 0 Å². The number of sulfone groups is 1. The molecule has 2 heterocycles. The van der Waals surface area contributed by atoms with Crippen LogP contribution in [0.15, 0.2) is 29.4 Å². The summed E-state index contributed by atoms with van der Waals surface area (Å²) in [6, 6.07) is 7.15. The molecule has 0 spiro atoms. The van der Waals surface area contributed by atoms with E-state index < -0.39 is 9.84 Å². The van der Waals surface area contributed by atoms with Crippen LogP contribution in [0.4, 0.5) is 0 Å². The van der Waals surface area contributed by atoms with Gasteiger partial charge in [-0.3, -0.25) is 5.41 Å². The minimum atomic E-state index is -3.00. The van der Waals surface area contributed by atoms with E-state index in [2.05, 4.69) is 5.10 Å². The highest BCUT2D eigenvalue weighted by Crippen LogP contribution is 2.37. The summed E-state index contributed by atoms with van der Waals surface area (Å²) in [6.07, 6.45) is 1.64. The maximum Gasteiger partial charge on any atom is 0.177 e. The van der Waals surface area contributed by atoms with Crippen LogP contribution in [0.2, 0.25) is 0 Å². The van der Waals surface area contributed by atoms with Crippen LogP contribution >= 0.6 is 28.7 Å². The third kappa shape index (κ3) is 3.47. The molecule has 0 aliphatic carbocycles. The molecule has 2 aliphatic rings. The zero-order valence-electron chi connectivity index (χ0n) is 11.8. The van der Waals surface area contributed by atoms with E-state index in [0.29, 0.717) is 5.17 Å². The largest absolute Gasteiger partial charge is 0.497 e. The maximum absolute atomic E-state index is 11.7. The van der Waals surface area contributed by atoms with Crippen LogP contribution in [-0.2, 0) is 9.84 Å². The lowest BCUT2D eigenvalue weighted by Crippen LogP contribution is -2.32. The number of amidine groups is 1. The van der Waals surface area contributed by atoms with Crippen LogP contribution in [-0.4, -0.2) is 54.7 Å². The standard InChI is InChI=1S/C13H15N3O3S2.BrH/c1-19-10-4-2-9(3-5-10)6-15-16-11-7-21(17,18)8-12(11)20-13(16)14;/h2-6,11-12,14H,7-8H2,1H3;1H. The highest BCUT2D eigenvalue weighted by molar-refractivity contribution is 8.93. The Labute approximate surface area is 144 Å². The van der Waals surface area contributed by atoms with E-state index in [1.807, 2.05) is 24.3 Å². The molecule has 1 aromatic rings. The fourth-order valence-corrected chi connectivity index (χ4v) is 6.16. The van der Waals surface area contributed by atoms with E-state index in [9.17, 15) is 8.42 Å². The van der Waals surface area contributed by atoms with Gasteiger partial charge in [0.15, 0.2) is 15.0 Å². The molecule has 0 radical (unpaired) electrons. The predicted octanol–water partition coefficient (Wildman–Crippen LogP) is 1.76. The van der Waals surface area contributed by atoms with Gasteiger partial charge in [0.1, 0.15) is 5.75 Å². The quantitative estimate of drug-likeness (QED) is 0.774. The summed E-state index contributed by atoms with van der Waals surface area (Å²) in [7, 11) is -1.40. The van der Waals surface area contributed by atoms with Crippen molar-refractivity contribution in [1.29, 1.82) is 5.41 Å². The maximum atomic E-state index is 11.7. The van der Waals surface area contributed by atoms with Crippen LogP contribution in [0.3, 0.4) is 0 Å². The second-order valence-corrected chi connectivity index (χ2v) is 8.35. The summed E-state index contributed by atoms with van der Waals surface area (Å²) in [5.74, 6) is 0.977. The first-order valence-corrected chi connectivity index (χ1v) is 9.11. The van der Waals surface area contributed by atoms with Crippen LogP contribution in [0.5, 0.6) is 5.75 Å². The van der Waals surface area contributed by atoms with Crippen molar-refractivity contribution in [2.24, 2.45) is 5.10 Å². The molecule has 9 heteroatoms. The van der Waals surface area contributed by atoms with E-state index in [-0.39, 0.29) is 39.8 Å². The van der Waals surface area contributed by atoms with Crippen molar-refractivity contribution in [2.75, 3.05) is 18.6 Å². The number of ether oxygens (including phenoxy) is 1. The summed E-state index contributed by atoms with van der Waals surface area (Å²) >= 11 is 1.28. The van der Waals surface area contributed by atoms with Crippen LogP contribution in [0.1, 0.15) is 5.56 Å². The third-order valence-corrected chi connectivity index (χ3v) is 6.63. The molecule has 2 atom stereocenters. The second kappa shape index (κ2) is 6.59. The van der Waals surface area contributed by atoms with Crippen molar-refractivity contribution < 1.29 is 13.2 Å². The van der Waals surface area contributed by atoms with Crippen LogP contribution in [0, 0.1) is 5.41 Å². The van der Waals surface area contributed by atoms with Crippen molar-refractivity contribution >= 4 is 50.0 Å². The van der Waals surface area contributed by atoms with Crippen molar-refractivity contribution in [3.05, 3.63) is 29.8 Å². The van der Waals surface area contributed by atoms with Gasteiger partial charge in [-0.05, 0) is 29.8 Å². The van der Waals surface area contributed by atoms with Crippen molar-refractivity contribution in [1.82, 2.24) is 5.01 Å². The molecule has 1 N–H and O–H groups in total. The number of hydrazone groups is 1. The number of hydrogen-bond acceptors (Lipinski definition) is 6. The molecule has 3 rings (SSSR count). The van der Waals surface area contributed by atoms with Gasteiger partial charge >= 0.3 is 0 Å². The average Bonchev–Trinajstić information content (AvgIpc) is 2.88.